The van der Waals surface area contributed by atoms with Crippen LogP contribution in [0.25, 0.3) is 22.7 Å². The second kappa shape index (κ2) is 11.8. The summed E-state index contributed by atoms with van der Waals surface area (Å²) in [6, 6.07) is 23.2. The van der Waals surface area contributed by atoms with Crippen LogP contribution in [0, 0.1) is 6.92 Å². The van der Waals surface area contributed by atoms with E-state index >= 15 is 0 Å². The number of amides is 1. The quantitative estimate of drug-likeness (QED) is 0.147. The molecule has 3 heterocycles. The summed E-state index contributed by atoms with van der Waals surface area (Å²) < 4.78 is 13.7. The summed E-state index contributed by atoms with van der Waals surface area (Å²) in [5, 5.41) is 15.8. The fraction of sp³-hybridized carbons (Fsp3) is 0.125. The number of carboxylic acid groups (broad SMARTS) is 1. The molecule has 1 aliphatic heterocycles. The van der Waals surface area contributed by atoms with Crippen molar-refractivity contribution in [2.75, 3.05) is 7.11 Å². The van der Waals surface area contributed by atoms with Gasteiger partial charge in [-0.1, -0.05) is 72.5 Å². The summed E-state index contributed by atoms with van der Waals surface area (Å²) in [5.41, 5.74) is 3.59. The van der Waals surface area contributed by atoms with E-state index in [0.29, 0.717) is 28.6 Å². The van der Waals surface area contributed by atoms with Crippen LogP contribution in [-0.2, 0) is 16.0 Å². The van der Waals surface area contributed by atoms with Crippen molar-refractivity contribution in [2.24, 2.45) is 0 Å². The van der Waals surface area contributed by atoms with E-state index in [9.17, 15) is 14.7 Å². The first kappa shape index (κ1) is 28.3. The molecule has 1 atom stereocenters. The van der Waals surface area contributed by atoms with Crippen LogP contribution < -0.4 is 9.47 Å². The molecule has 0 aliphatic carbocycles. The normalized spacial score (nSPS) is 14.9. The van der Waals surface area contributed by atoms with Gasteiger partial charge < -0.3 is 19.6 Å². The van der Waals surface area contributed by atoms with Gasteiger partial charge in [0.2, 0.25) is 5.88 Å². The Kier molecular flexibility index (Phi) is 7.75. The molecule has 5 aromatic rings. The number of aromatic amines is 1. The third-order valence-electron chi connectivity index (χ3n) is 7.12. The van der Waals surface area contributed by atoms with E-state index in [-0.39, 0.29) is 15.6 Å². The molecule has 1 fully saturated rings. The number of carbonyl (C=O) groups is 2. The number of carboxylic acids is 1. The van der Waals surface area contributed by atoms with Crippen LogP contribution in [0.1, 0.15) is 16.8 Å². The van der Waals surface area contributed by atoms with Gasteiger partial charge in [0.25, 0.3) is 5.91 Å². The zero-order valence-corrected chi connectivity index (χ0v) is 24.8. The zero-order valence-electron chi connectivity index (χ0n) is 23.2. The Hall–Kier alpha value is -4.87. The number of carbonyl (C=O) groups excluding carboxylic acids is 1. The van der Waals surface area contributed by atoms with Crippen molar-refractivity contribution in [1.29, 1.82) is 0 Å². The number of rotatable bonds is 9. The molecule has 1 aliphatic rings. The van der Waals surface area contributed by atoms with Crippen molar-refractivity contribution < 1.29 is 24.2 Å². The van der Waals surface area contributed by atoms with Gasteiger partial charge in [0.15, 0.2) is 11.5 Å². The minimum absolute atomic E-state index is 0.0895. The van der Waals surface area contributed by atoms with Crippen LogP contribution >= 0.6 is 24.0 Å². The SMILES string of the molecule is COc1ccccc1Oc1c(/C=C2\SC(=S)N([C@@H](Cc3c[nH]c4ccccc34)C(=O)O)C2=O)c(C)nn1-c1ccccc1. The van der Waals surface area contributed by atoms with Crippen LogP contribution in [0.5, 0.6) is 17.4 Å². The van der Waals surface area contributed by atoms with Crippen LogP contribution in [0.3, 0.4) is 0 Å². The van der Waals surface area contributed by atoms with Gasteiger partial charge >= 0.3 is 5.97 Å². The third-order valence-corrected chi connectivity index (χ3v) is 8.45. The summed E-state index contributed by atoms with van der Waals surface area (Å²) in [6.45, 7) is 1.82. The lowest BCUT2D eigenvalue weighted by atomic mass is 10.0. The van der Waals surface area contributed by atoms with Crippen LogP contribution in [0.2, 0.25) is 0 Å². The number of ether oxygens (including phenoxy) is 2. The molecule has 3 aromatic carbocycles. The van der Waals surface area contributed by atoms with Gasteiger partial charge in [0.1, 0.15) is 10.4 Å². The van der Waals surface area contributed by atoms with Crippen LogP contribution in [-0.4, -0.2) is 54.1 Å². The van der Waals surface area contributed by atoms with Crippen LogP contribution in [0.15, 0.2) is 90.0 Å². The van der Waals surface area contributed by atoms with E-state index in [1.807, 2.05) is 73.7 Å². The number of hydrogen-bond donors (Lipinski definition) is 2. The first-order valence-electron chi connectivity index (χ1n) is 13.4. The first-order chi connectivity index (χ1) is 20.9. The lowest BCUT2D eigenvalue weighted by Crippen LogP contribution is -2.45. The molecular weight excluding hydrogens is 585 g/mol. The molecule has 0 spiro atoms. The van der Waals surface area contributed by atoms with Crippen molar-refractivity contribution in [3.63, 3.8) is 0 Å². The van der Waals surface area contributed by atoms with E-state index in [2.05, 4.69) is 4.98 Å². The van der Waals surface area contributed by atoms with Crippen molar-refractivity contribution in [2.45, 2.75) is 19.4 Å². The maximum atomic E-state index is 13.8. The number of thiocarbonyl (C=S) groups is 1. The Labute approximate surface area is 256 Å². The topological polar surface area (TPSA) is 110 Å². The smallest absolute Gasteiger partial charge is 0.327 e. The number of thioether (sulfide) groups is 1. The fourth-order valence-electron chi connectivity index (χ4n) is 5.01. The molecule has 0 radical (unpaired) electrons. The molecule has 9 nitrogen and oxygen atoms in total. The number of benzene rings is 3. The van der Waals surface area contributed by atoms with Crippen molar-refractivity contribution in [3.05, 3.63) is 107 Å². The number of fused-ring (bicyclic) bond motifs is 1. The predicted molar refractivity (Wildman–Crippen MR) is 170 cm³/mol. The Balaban J connectivity index is 1.39. The van der Waals surface area contributed by atoms with E-state index in [1.165, 1.54) is 4.90 Å². The number of hydrogen-bond acceptors (Lipinski definition) is 7. The summed E-state index contributed by atoms with van der Waals surface area (Å²) in [7, 11) is 1.56. The lowest BCUT2D eigenvalue weighted by molar-refractivity contribution is -0.145. The largest absolute Gasteiger partial charge is 0.493 e. The molecule has 2 N–H and O–H groups in total. The highest BCUT2D eigenvalue weighted by molar-refractivity contribution is 8.26. The molecule has 1 amide bonds. The minimum Gasteiger partial charge on any atom is -0.493 e. The van der Waals surface area contributed by atoms with Gasteiger partial charge in [-0.3, -0.25) is 9.69 Å². The lowest BCUT2D eigenvalue weighted by Gasteiger charge is -2.23. The number of para-hydroxylation sites is 4. The second-order valence-electron chi connectivity index (χ2n) is 9.77. The van der Waals surface area contributed by atoms with Gasteiger partial charge in [-0.15, -0.1) is 0 Å². The van der Waals surface area contributed by atoms with Crippen molar-refractivity contribution >= 4 is 57.2 Å². The maximum Gasteiger partial charge on any atom is 0.327 e. The van der Waals surface area contributed by atoms with E-state index in [4.69, 9.17) is 26.8 Å². The summed E-state index contributed by atoms with van der Waals surface area (Å²) >= 11 is 6.63. The number of nitrogens with zero attached hydrogens (tertiary/aromatic N) is 3. The first-order valence-corrected chi connectivity index (χ1v) is 14.6. The summed E-state index contributed by atoms with van der Waals surface area (Å²) in [5.74, 6) is -0.269. The summed E-state index contributed by atoms with van der Waals surface area (Å²) in [4.78, 5) is 30.9. The fourth-order valence-corrected chi connectivity index (χ4v) is 6.35. The molecule has 1 saturated heterocycles. The third kappa shape index (κ3) is 5.40. The molecular formula is C32H26N4O5S2. The Morgan fingerprint density at radius 3 is 2.51 bits per heavy atom. The summed E-state index contributed by atoms with van der Waals surface area (Å²) in [6.07, 6.45) is 3.53. The number of H-pyrrole nitrogens is 1. The van der Waals surface area contributed by atoms with Gasteiger partial charge in [-0.05, 0) is 48.9 Å². The average Bonchev–Trinajstić information content (AvgIpc) is 3.65. The van der Waals surface area contributed by atoms with Gasteiger partial charge in [0.05, 0.1) is 29.0 Å². The van der Waals surface area contributed by atoms with E-state index in [1.54, 1.807) is 36.2 Å². The average molecular weight is 611 g/mol. The van der Waals surface area contributed by atoms with Crippen molar-refractivity contribution in [3.8, 4) is 23.1 Å². The number of nitrogens with one attached hydrogen (secondary N) is 1. The van der Waals surface area contributed by atoms with E-state index < -0.39 is 17.9 Å². The highest BCUT2D eigenvalue weighted by atomic mass is 32.2. The Morgan fingerprint density at radius 2 is 1.77 bits per heavy atom. The molecule has 0 unspecified atom stereocenters. The molecule has 11 heteroatoms. The zero-order chi connectivity index (χ0) is 30.1. The Morgan fingerprint density at radius 1 is 1.07 bits per heavy atom. The van der Waals surface area contributed by atoms with Crippen LogP contribution in [0.4, 0.5) is 0 Å². The van der Waals surface area contributed by atoms with Gasteiger partial charge in [-0.25, -0.2) is 4.79 Å². The molecule has 6 rings (SSSR count). The molecule has 0 bridgehead atoms. The Bertz CT molecular complexity index is 1900. The minimum atomic E-state index is -1.19. The van der Waals surface area contributed by atoms with Gasteiger partial charge in [0, 0.05) is 23.5 Å². The molecule has 2 aromatic heterocycles. The molecule has 43 heavy (non-hydrogen) atoms. The number of aromatic nitrogens is 3. The number of aliphatic carboxylic acids is 1. The highest BCUT2D eigenvalue weighted by Gasteiger charge is 2.41. The molecule has 216 valence electrons. The van der Waals surface area contributed by atoms with E-state index in [0.717, 1.165) is 33.9 Å². The standard InChI is InChI=1S/C32H26N4O5S2/c1-19-23(30(36(34-19)21-10-4-3-5-11-21)41-27-15-9-8-14-26(27)40-2)17-28-29(37)35(32(42)43-28)25(31(38)39)16-20-18-33-24-13-7-6-12-22(20)24/h3-15,17-18,25,33H,16H2,1-2H3,(H,38,39)/b28-17-/t25-/m0/s1. The second-order valence-corrected chi connectivity index (χ2v) is 11.4. The molecule has 0 saturated carbocycles. The predicted octanol–water partition coefficient (Wildman–Crippen LogP) is 6.36. The van der Waals surface area contributed by atoms with Gasteiger partial charge in [-0.2, -0.15) is 9.78 Å². The number of methoxy groups -OCH3 is 1. The van der Waals surface area contributed by atoms with Crippen molar-refractivity contribution in [1.82, 2.24) is 19.7 Å². The monoisotopic (exact) mass is 610 g/mol. The number of aryl methyl sites for hydroxylation is 1. The highest BCUT2D eigenvalue weighted by Crippen LogP contribution is 2.40. The maximum absolute atomic E-state index is 13.8.